The maximum Gasteiger partial charge on any atom is 0.119 e. The Kier molecular flexibility index (Phi) is 7.82. The van der Waals surface area contributed by atoms with Crippen LogP contribution in [0.4, 0.5) is 0 Å². The lowest BCUT2D eigenvalue weighted by Gasteiger charge is -2.04. The molecule has 1 nitrogen and oxygen atoms in total. The molecule has 0 unspecified atom stereocenters. The number of hydrogen-bond donors (Lipinski definition) is 0. The van der Waals surface area contributed by atoms with Gasteiger partial charge in [0, 0.05) is 5.33 Å². The monoisotopic (exact) mass is 358 g/mol. The summed E-state index contributed by atoms with van der Waals surface area (Å²) in [5.74, 6) is 0.950. The third-order valence-electron chi connectivity index (χ3n) is 3.42. The smallest absolute Gasteiger partial charge is 0.119 e. The average Bonchev–Trinajstić information content (AvgIpc) is 2.58. The summed E-state index contributed by atoms with van der Waals surface area (Å²) < 4.78 is 5.67. The zero-order valence-corrected chi connectivity index (χ0v) is 14.5. The van der Waals surface area contributed by atoms with E-state index in [4.69, 9.17) is 4.74 Å². The molecule has 0 aliphatic heterocycles. The second-order valence-electron chi connectivity index (χ2n) is 5.24. The van der Waals surface area contributed by atoms with Gasteiger partial charge in [-0.15, -0.1) is 0 Å². The second-order valence-corrected chi connectivity index (χ2v) is 6.03. The first-order valence-electron chi connectivity index (χ1n) is 7.88. The van der Waals surface area contributed by atoms with Gasteiger partial charge in [-0.2, -0.15) is 0 Å². The van der Waals surface area contributed by atoms with Gasteiger partial charge in [0.15, 0.2) is 0 Å². The quantitative estimate of drug-likeness (QED) is 0.401. The fourth-order valence-corrected chi connectivity index (χ4v) is 2.47. The van der Waals surface area contributed by atoms with Crippen molar-refractivity contribution in [1.82, 2.24) is 0 Å². The van der Waals surface area contributed by atoms with E-state index in [-0.39, 0.29) is 0 Å². The Labute approximate surface area is 142 Å². The number of aryl methyl sites for hydroxylation is 1. The van der Waals surface area contributed by atoms with Crippen molar-refractivity contribution in [3.8, 4) is 5.75 Å². The Morgan fingerprint density at radius 2 is 1.68 bits per heavy atom. The number of halogens is 1. The van der Waals surface area contributed by atoms with Gasteiger partial charge >= 0.3 is 0 Å². The minimum atomic E-state index is 0.764. The van der Waals surface area contributed by atoms with Gasteiger partial charge in [-0.05, 0) is 48.9 Å². The molecule has 116 valence electrons. The van der Waals surface area contributed by atoms with Crippen LogP contribution in [0.25, 0.3) is 6.08 Å². The standard InChI is InChI=1S/C20H23BrO/c21-16-7-9-19-14-12-18(13-15-19)8-3-2-6-17-22-20-10-4-1-5-11-20/h1,3-5,8,10-15H,2,6-7,9,16-17H2/b8-3-. The molecule has 0 spiro atoms. The molecule has 22 heavy (non-hydrogen) atoms. The highest BCUT2D eigenvalue weighted by Gasteiger charge is 1.93. The van der Waals surface area contributed by atoms with Gasteiger partial charge in [-0.25, -0.2) is 0 Å². The zero-order valence-electron chi connectivity index (χ0n) is 12.9. The summed E-state index contributed by atoms with van der Waals surface area (Å²) in [4.78, 5) is 0. The van der Waals surface area contributed by atoms with Crippen molar-refractivity contribution in [3.63, 3.8) is 0 Å². The number of ether oxygens (including phenoxy) is 1. The number of allylic oxidation sites excluding steroid dienone is 1. The molecule has 2 aromatic rings. The van der Waals surface area contributed by atoms with Gasteiger partial charge < -0.3 is 4.74 Å². The third-order valence-corrected chi connectivity index (χ3v) is 3.98. The van der Waals surface area contributed by atoms with E-state index in [0.29, 0.717) is 0 Å². The molecule has 0 radical (unpaired) electrons. The van der Waals surface area contributed by atoms with Crippen LogP contribution >= 0.6 is 15.9 Å². The number of para-hydroxylation sites is 1. The van der Waals surface area contributed by atoms with E-state index in [1.807, 2.05) is 30.3 Å². The predicted octanol–water partition coefficient (Wildman–Crippen LogP) is 5.89. The normalized spacial score (nSPS) is 11.0. The average molecular weight is 359 g/mol. The van der Waals surface area contributed by atoms with Crippen LogP contribution in [-0.2, 0) is 6.42 Å². The maximum atomic E-state index is 5.67. The molecule has 0 bridgehead atoms. The van der Waals surface area contributed by atoms with E-state index in [1.54, 1.807) is 0 Å². The van der Waals surface area contributed by atoms with Crippen LogP contribution in [-0.4, -0.2) is 11.9 Å². The molecule has 2 heteroatoms. The van der Waals surface area contributed by atoms with Crippen molar-refractivity contribution in [2.75, 3.05) is 11.9 Å². The fraction of sp³-hybridized carbons (Fsp3) is 0.300. The van der Waals surface area contributed by atoms with Crippen molar-refractivity contribution >= 4 is 22.0 Å². The number of alkyl halides is 1. The van der Waals surface area contributed by atoms with Crippen molar-refractivity contribution in [2.24, 2.45) is 0 Å². The molecular formula is C20H23BrO. The highest BCUT2D eigenvalue weighted by Crippen LogP contribution is 2.11. The summed E-state index contributed by atoms with van der Waals surface area (Å²) in [7, 11) is 0. The minimum absolute atomic E-state index is 0.764. The summed E-state index contributed by atoms with van der Waals surface area (Å²) in [5, 5.41) is 1.07. The van der Waals surface area contributed by atoms with E-state index in [0.717, 1.165) is 36.9 Å². The number of benzene rings is 2. The van der Waals surface area contributed by atoms with Crippen molar-refractivity contribution < 1.29 is 4.74 Å². The molecule has 0 aromatic heterocycles. The summed E-state index contributed by atoms with van der Waals surface area (Å²) in [6, 6.07) is 18.8. The van der Waals surface area contributed by atoms with Gasteiger partial charge in [0.1, 0.15) is 5.75 Å². The molecule has 0 saturated heterocycles. The van der Waals surface area contributed by atoms with Gasteiger partial charge in [0.2, 0.25) is 0 Å². The molecule has 0 aliphatic rings. The second kappa shape index (κ2) is 10.2. The Balaban J connectivity index is 1.65. The maximum absolute atomic E-state index is 5.67. The molecule has 2 rings (SSSR count). The molecule has 0 saturated carbocycles. The molecule has 0 fully saturated rings. The van der Waals surface area contributed by atoms with Crippen LogP contribution in [0.5, 0.6) is 5.75 Å². The molecule has 0 aliphatic carbocycles. The Morgan fingerprint density at radius 3 is 2.41 bits per heavy atom. The highest BCUT2D eigenvalue weighted by molar-refractivity contribution is 9.09. The van der Waals surface area contributed by atoms with E-state index < -0.39 is 0 Å². The topological polar surface area (TPSA) is 9.23 Å². The van der Waals surface area contributed by atoms with E-state index in [2.05, 4.69) is 52.3 Å². The third kappa shape index (κ3) is 6.48. The largest absolute Gasteiger partial charge is 0.494 e. The van der Waals surface area contributed by atoms with Crippen LogP contribution in [0.15, 0.2) is 60.7 Å². The first-order valence-corrected chi connectivity index (χ1v) is 9.00. The SMILES string of the molecule is BrCCCc1ccc(/C=C\CCCOc2ccccc2)cc1. The predicted molar refractivity (Wildman–Crippen MR) is 98.8 cm³/mol. The highest BCUT2D eigenvalue weighted by atomic mass is 79.9. The zero-order chi connectivity index (χ0) is 15.5. The van der Waals surface area contributed by atoms with Crippen LogP contribution in [0.3, 0.4) is 0 Å². The summed E-state index contributed by atoms with van der Waals surface area (Å²) in [6.07, 6.45) is 8.83. The van der Waals surface area contributed by atoms with Gasteiger partial charge in [0.05, 0.1) is 6.61 Å². The lowest BCUT2D eigenvalue weighted by atomic mass is 10.1. The summed E-state index contributed by atoms with van der Waals surface area (Å²) in [6.45, 7) is 0.764. The summed E-state index contributed by atoms with van der Waals surface area (Å²) in [5.41, 5.74) is 2.68. The molecule has 2 aromatic carbocycles. The minimum Gasteiger partial charge on any atom is -0.494 e. The number of unbranched alkanes of at least 4 members (excludes halogenated alkanes) is 1. The van der Waals surface area contributed by atoms with Gasteiger partial charge in [-0.1, -0.05) is 70.5 Å². The Hall–Kier alpha value is -1.54. The van der Waals surface area contributed by atoms with Crippen molar-refractivity contribution in [3.05, 3.63) is 71.8 Å². The van der Waals surface area contributed by atoms with E-state index in [1.165, 1.54) is 17.5 Å². The lowest BCUT2D eigenvalue weighted by molar-refractivity contribution is 0.312. The summed E-state index contributed by atoms with van der Waals surface area (Å²) >= 11 is 3.47. The van der Waals surface area contributed by atoms with E-state index in [9.17, 15) is 0 Å². The molecular weight excluding hydrogens is 336 g/mol. The van der Waals surface area contributed by atoms with Crippen LogP contribution < -0.4 is 4.74 Å². The Bertz CT molecular complexity index is 546. The first kappa shape index (κ1) is 16.8. The Morgan fingerprint density at radius 1 is 0.909 bits per heavy atom. The number of hydrogen-bond acceptors (Lipinski definition) is 1. The lowest BCUT2D eigenvalue weighted by Crippen LogP contribution is -1.95. The van der Waals surface area contributed by atoms with Crippen LogP contribution in [0.2, 0.25) is 0 Å². The van der Waals surface area contributed by atoms with Crippen LogP contribution in [0.1, 0.15) is 30.4 Å². The van der Waals surface area contributed by atoms with Crippen LogP contribution in [0, 0.1) is 0 Å². The molecule has 0 atom stereocenters. The van der Waals surface area contributed by atoms with E-state index >= 15 is 0 Å². The fourth-order valence-electron chi connectivity index (χ4n) is 2.19. The number of rotatable bonds is 9. The molecule has 0 heterocycles. The molecule has 0 N–H and O–H groups in total. The molecule has 0 amide bonds. The van der Waals surface area contributed by atoms with Crippen molar-refractivity contribution in [2.45, 2.75) is 25.7 Å². The van der Waals surface area contributed by atoms with Gasteiger partial charge in [0.25, 0.3) is 0 Å². The first-order chi connectivity index (χ1) is 10.9. The van der Waals surface area contributed by atoms with Crippen molar-refractivity contribution in [1.29, 1.82) is 0 Å². The van der Waals surface area contributed by atoms with Gasteiger partial charge in [-0.3, -0.25) is 0 Å².